The van der Waals surface area contributed by atoms with E-state index in [-0.39, 0.29) is 11.9 Å². The molecular weight excluding hydrogens is 407 g/mol. The molecule has 7 nitrogen and oxygen atoms in total. The monoisotopic (exact) mass is 432 g/mol. The quantitative estimate of drug-likeness (QED) is 0.463. The Bertz CT molecular complexity index is 1270. The number of methoxy groups -OCH3 is 1. The second-order valence-electron chi connectivity index (χ2n) is 7.78. The van der Waals surface area contributed by atoms with E-state index in [0.29, 0.717) is 23.1 Å². The lowest BCUT2D eigenvalue weighted by Crippen LogP contribution is -2.11. The normalized spacial score (nSPS) is 11.9. The van der Waals surface area contributed by atoms with Gasteiger partial charge in [-0.3, -0.25) is 0 Å². The summed E-state index contributed by atoms with van der Waals surface area (Å²) in [6.07, 6.45) is 3.64. The third kappa shape index (κ3) is 4.30. The van der Waals surface area contributed by atoms with Gasteiger partial charge < -0.3 is 14.6 Å². The smallest absolute Gasteiger partial charge is 0.238 e. The van der Waals surface area contributed by atoms with E-state index >= 15 is 0 Å². The Hall–Kier alpha value is -3.81. The highest BCUT2D eigenvalue weighted by Gasteiger charge is 2.15. The molecule has 0 radical (unpaired) electrons. The molecule has 4 aromatic rings. The van der Waals surface area contributed by atoms with Gasteiger partial charge >= 0.3 is 0 Å². The molecular formula is C24H25FN6O. The van der Waals surface area contributed by atoms with Crippen molar-refractivity contribution >= 4 is 5.82 Å². The Morgan fingerprint density at radius 1 is 1.00 bits per heavy atom. The number of benzene rings is 1. The van der Waals surface area contributed by atoms with Gasteiger partial charge in [-0.15, -0.1) is 10.2 Å². The molecule has 3 aromatic heterocycles. The molecule has 3 heterocycles. The van der Waals surface area contributed by atoms with Crippen LogP contribution in [-0.2, 0) is 0 Å². The highest BCUT2D eigenvalue weighted by atomic mass is 19.1. The molecule has 0 saturated heterocycles. The van der Waals surface area contributed by atoms with Crippen molar-refractivity contribution in [2.45, 2.75) is 33.7 Å². The highest BCUT2D eigenvalue weighted by molar-refractivity contribution is 5.61. The standard InChI is InChI=1S/C24H25FN6O/c1-14-10-18(25)6-7-19(14)17(4)27-23-15(2)11-21(29-30-23)20-8-9-22(24(28-20)32-5)31-12-16(3)26-13-31/h6-13,17H,1-5H3,(H,27,30)/t17-/m0/s1. The number of hydrogen-bond acceptors (Lipinski definition) is 6. The molecule has 0 aliphatic rings. The van der Waals surface area contributed by atoms with Crippen LogP contribution >= 0.6 is 0 Å². The topological polar surface area (TPSA) is 77.8 Å². The third-order valence-electron chi connectivity index (χ3n) is 5.32. The number of halogens is 1. The van der Waals surface area contributed by atoms with Crippen LogP contribution in [0.25, 0.3) is 17.1 Å². The summed E-state index contributed by atoms with van der Waals surface area (Å²) < 4.78 is 20.8. The third-order valence-corrected chi connectivity index (χ3v) is 5.32. The summed E-state index contributed by atoms with van der Waals surface area (Å²) in [6.45, 7) is 7.80. The van der Waals surface area contributed by atoms with Gasteiger partial charge in [-0.05, 0) is 74.7 Å². The molecule has 1 aromatic carbocycles. The highest BCUT2D eigenvalue weighted by Crippen LogP contribution is 2.28. The van der Waals surface area contributed by atoms with Crippen molar-refractivity contribution in [3.05, 3.63) is 77.1 Å². The molecule has 1 N–H and O–H groups in total. The number of imidazole rings is 1. The fourth-order valence-corrected chi connectivity index (χ4v) is 3.64. The summed E-state index contributed by atoms with van der Waals surface area (Å²) in [4.78, 5) is 8.87. The van der Waals surface area contributed by atoms with Crippen molar-refractivity contribution in [1.29, 1.82) is 0 Å². The summed E-state index contributed by atoms with van der Waals surface area (Å²) in [7, 11) is 1.59. The molecule has 0 unspecified atom stereocenters. The number of ether oxygens (including phenoxy) is 1. The van der Waals surface area contributed by atoms with Crippen molar-refractivity contribution in [3.63, 3.8) is 0 Å². The van der Waals surface area contributed by atoms with Gasteiger partial charge in [0.15, 0.2) is 5.82 Å². The fraction of sp³-hybridized carbons (Fsp3) is 0.250. The molecule has 0 fully saturated rings. The largest absolute Gasteiger partial charge is 0.479 e. The Morgan fingerprint density at radius 2 is 1.81 bits per heavy atom. The van der Waals surface area contributed by atoms with Crippen LogP contribution in [0.15, 0.2) is 48.9 Å². The zero-order valence-corrected chi connectivity index (χ0v) is 18.7. The first-order valence-corrected chi connectivity index (χ1v) is 10.3. The minimum Gasteiger partial charge on any atom is -0.479 e. The Kier molecular flexibility index (Phi) is 5.85. The van der Waals surface area contributed by atoms with E-state index in [2.05, 4.69) is 25.5 Å². The molecule has 4 rings (SSSR count). The van der Waals surface area contributed by atoms with Crippen molar-refractivity contribution in [2.24, 2.45) is 0 Å². The molecule has 164 valence electrons. The van der Waals surface area contributed by atoms with E-state index in [1.54, 1.807) is 19.5 Å². The van der Waals surface area contributed by atoms with Crippen molar-refractivity contribution in [2.75, 3.05) is 12.4 Å². The van der Waals surface area contributed by atoms with Crippen LogP contribution in [0.2, 0.25) is 0 Å². The van der Waals surface area contributed by atoms with E-state index < -0.39 is 0 Å². The van der Waals surface area contributed by atoms with Crippen molar-refractivity contribution in [1.82, 2.24) is 24.7 Å². The second kappa shape index (κ2) is 8.74. The fourth-order valence-electron chi connectivity index (χ4n) is 3.64. The van der Waals surface area contributed by atoms with Crippen molar-refractivity contribution in [3.8, 4) is 23.0 Å². The second-order valence-corrected chi connectivity index (χ2v) is 7.78. The molecule has 8 heteroatoms. The summed E-state index contributed by atoms with van der Waals surface area (Å²) in [5.41, 5.74) is 5.83. The number of anilines is 1. The first-order chi connectivity index (χ1) is 15.4. The summed E-state index contributed by atoms with van der Waals surface area (Å²) in [5, 5.41) is 12.1. The summed E-state index contributed by atoms with van der Waals surface area (Å²) >= 11 is 0. The Morgan fingerprint density at radius 3 is 2.47 bits per heavy atom. The first-order valence-electron chi connectivity index (χ1n) is 10.3. The molecule has 0 aliphatic carbocycles. The number of hydrogen-bond donors (Lipinski definition) is 1. The van der Waals surface area contributed by atoms with Crippen molar-refractivity contribution < 1.29 is 9.13 Å². The van der Waals surface area contributed by atoms with Gasteiger partial charge in [0.1, 0.15) is 17.2 Å². The van der Waals surface area contributed by atoms with Gasteiger partial charge in [-0.25, -0.2) is 14.4 Å². The van der Waals surface area contributed by atoms with Crippen LogP contribution in [0, 0.1) is 26.6 Å². The van der Waals surface area contributed by atoms with Crippen LogP contribution in [0.5, 0.6) is 5.88 Å². The maximum Gasteiger partial charge on any atom is 0.238 e. The maximum absolute atomic E-state index is 13.4. The van der Waals surface area contributed by atoms with Crippen LogP contribution in [0.1, 0.15) is 35.3 Å². The predicted molar refractivity (Wildman–Crippen MR) is 122 cm³/mol. The Balaban J connectivity index is 1.59. The molecule has 0 saturated carbocycles. The molecule has 32 heavy (non-hydrogen) atoms. The number of nitrogens with one attached hydrogen (secondary N) is 1. The summed E-state index contributed by atoms with van der Waals surface area (Å²) in [6, 6.07) is 10.5. The number of nitrogens with zero attached hydrogens (tertiary/aromatic N) is 5. The molecule has 0 spiro atoms. The number of pyridine rings is 1. The van der Waals surface area contributed by atoms with E-state index in [4.69, 9.17) is 4.74 Å². The Labute approximate surface area is 186 Å². The lowest BCUT2D eigenvalue weighted by atomic mass is 10.0. The number of aryl methyl sites for hydroxylation is 3. The molecule has 0 aliphatic heterocycles. The van der Waals surface area contributed by atoms with E-state index in [1.807, 2.05) is 56.7 Å². The lowest BCUT2D eigenvalue weighted by Gasteiger charge is -2.18. The molecule has 0 bridgehead atoms. The average molecular weight is 433 g/mol. The summed E-state index contributed by atoms with van der Waals surface area (Å²) in [5.74, 6) is 0.903. The van der Waals surface area contributed by atoms with Crippen LogP contribution in [-0.4, -0.2) is 31.8 Å². The SMILES string of the molecule is COc1nc(-c2cc(C)c(N[C@@H](C)c3ccc(F)cc3C)nn2)ccc1-n1cnc(C)c1. The average Bonchev–Trinajstić information content (AvgIpc) is 3.20. The van der Waals surface area contributed by atoms with E-state index in [9.17, 15) is 4.39 Å². The van der Waals surface area contributed by atoms with Gasteiger partial charge in [0, 0.05) is 6.20 Å². The van der Waals surface area contributed by atoms with Crippen LogP contribution < -0.4 is 10.1 Å². The molecule has 0 amide bonds. The van der Waals surface area contributed by atoms with Gasteiger partial charge in [-0.1, -0.05) is 6.07 Å². The zero-order chi connectivity index (χ0) is 22.8. The van der Waals surface area contributed by atoms with Gasteiger partial charge in [0.2, 0.25) is 5.88 Å². The van der Waals surface area contributed by atoms with Gasteiger partial charge in [0.05, 0.1) is 30.9 Å². The van der Waals surface area contributed by atoms with Gasteiger partial charge in [0.25, 0.3) is 0 Å². The lowest BCUT2D eigenvalue weighted by molar-refractivity contribution is 0.396. The number of rotatable bonds is 6. The minimum atomic E-state index is -0.240. The number of aromatic nitrogens is 5. The first kappa shape index (κ1) is 21.4. The zero-order valence-electron chi connectivity index (χ0n) is 18.7. The van der Waals surface area contributed by atoms with E-state index in [1.165, 1.54) is 12.1 Å². The van der Waals surface area contributed by atoms with Crippen LogP contribution in [0.4, 0.5) is 10.2 Å². The minimum absolute atomic E-state index is 0.0504. The van der Waals surface area contributed by atoms with E-state index in [0.717, 1.165) is 28.1 Å². The maximum atomic E-state index is 13.4. The molecule has 1 atom stereocenters. The van der Waals surface area contributed by atoms with Crippen LogP contribution in [0.3, 0.4) is 0 Å². The predicted octanol–water partition coefficient (Wildman–Crippen LogP) is 4.97. The van der Waals surface area contributed by atoms with Gasteiger partial charge in [-0.2, -0.15) is 0 Å².